The molecule has 0 radical (unpaired) electrons. The molecule has 0 unspecified atom stereocenters. The van der Waals surface area contributed by atoms with Gasteiger partial charge < -0.3 is 0 Å². The van der Waals surface area contributed by atoms with Crippen LogP contribution in [0.5, 0.6) is 0 Å². The average molecular weight is 668 g/mol. The van der Waals surface area contributed by atoms with E-state index >= 15 is 0 Å². The summed E-state index contributed by atoms with van der Waals surface area (Å²) >= 11 is 1.79. The lowest BCUT2D eigenvalue weighted by Crippen LogP contribution is -1.98. The van der Waals surface area contributed by atoms with Gasteiger partial charge in [-0.3, -0.25) is 4.98 Å². The first-order chi connectivity index (χ1) is 25.3. The number of rotatable bonds is 5. The Balaban J connectivity index is 1.26. The van der Waals surface area contributed by atoms with Gasteiger partial charge in [0.25, 0.3) is 0 Å². The largest absolute Gasteiger partial charge is 0.255 e. The summed E-state index contributed by atoms with van der Waals surface area (Å²) in [5, 5.41) is 6.09. The minimum absolute atomic E-state index is 0.698. The molecule has 0 atom stereocenters. The van der Waals surface area contributed by atoms with E-state index in [-0.39, 0.29) is 0 Å². The topological polar surface area (TPSA) is 38.7 Å². The highest BCUT2D eigenvalue weighted by molar-refractivity contribution is 7.25. The van der Waals surface area contributed by atoms with Crippen LogP contribution in [-0.4, -0.2) is 15.0 Å². The zero-order valence-corrected chi connectivity index (χ0v) is 28.3. The molecule has 3 aromatic heterocycles. The van der Waals surface area contributed by atoms with Crippen LogP contribution in [0.15, 0.2) is 176 Å². The van der Waals surface area contributed by atoms with Crippen molar-refractivity contribution in [2.45, 2.75) is 0 Å². The molecule has 3 heterocycles. The molecule has 0 amide bonds. The summed E-state index contributed by atoms with van der Waals surface area (Å²) in [5.74, 6) is 0.698. The molecular weight excluding hydrogens is 639 g/mol. The lowest BCUT2D eigenvalue weighted by Gasteiger charge is -2.17. The second-order valence-corrected chi connectivity index (χ2v) is 13.9. The molecule has 0 bridgehead atoms. The highest BCUT2D eigenvalue weighted by Gasteiger charge is 2.18. The molecule has 10 aromatic rings. The van der Waals surface area contributed by atoms with Crippen molar-refractivity contribution in [2.24, 2.45) is 0 Å². The van der Waals surface area contributed by atoms with E-state index in [1.165, 1.54) is 41.9 Å². The van der Waals surface area contributed by atoms with Gasteiger partial charge in [-0.05, 0) is 86.3 Å². The summed E-state index contributed by atoms with van der Waals surface area (Å²) < 4.78 is 2.44. The second kappa shape index (κ2) is 12.1. The summed E-state index contributed by atoms with van der Waals surface area (Å²) in [5.41, 5.74) is 10.5. The van der Waals surface area contributed by atoms with Crippen molar-refractivity contribution in [2.75, 3.05) is 0 Å². The van der Waals surface area contributed by atoms with Gasteiger partial charge in [-0.15, -0.1) is 11.3 Å². The summed E-state index contributed by atoms with van der Waals surface area (Å²) in [6, 6.07) is 60.3. The van der Waals surface area contributed by atoms with E-state index in [1.54, 1.807) is 11.3 Å². The quantitative estimate of drug-likeness (QED) is 0.171. The van der Waals surface area contributed by atoms with Crippen LogP contribution < -0.4 is 0 Å². The fourth-order valence-electron chi connectivity index (χ4n) is 7.28. The number of nitrogens with zero attached hydrogens (tertiary/aromatic N) is 3. The number of pyridine rings is 1. The van der Waals surface area contributed by atoms with Gasteiger partial charge in [-0.25, -0.2) is 9.97 Å². The van der Waals surface area contributed by atoms with Gasteiger partial charge >= 0.3 is 0 Å². The van der Waals surface area contributed by atoms with Gasteiger partial charge in [0.05, 0.1) is 21.6 Å². The van der Waals surface area contributed by atoms with E-state index in [1.807, 2.05) is 36.5 Å². The molecule has 0 spiro atoms. The molecule has 3 nitrogen and oxygen atoms in total. The fraction of sp³-hybridized carbons (Fsp3) is 0. The van der Waals surface area contributed by atoms with Crippen LogP contribution in [0.2, 0.25) is 0 Å². The Morgan fingerprint density at radius 2 is 1.06 bits per heavy atom. The van der Waals surface area contributed by atoms with E-state index in [4.69, 9.17) is 15.0 Å². The van der Waals surface area contributed by atoms with Crippen LogP contribution in [0.4, 0.5) is 0 Å². The number of fused-ring (bicyclic) bond motifs is 6. The first-order valence-corrected chi connectivity index (χ1v) is 17.9. The Kier molecular flexibility index (Phi) is 7.00. The van der Waals surface area contributed by atoms with Gasteiger partial charge in [0.2, 0.25) is 0 Å². The van der Waals surface area contributed by atoms with Crippen LogP contribution in [0, 0.1) is 0 Å². The normalized spacial score (nSPS) is 11.5. The molecule has 0 aliphatic carbocycles. The van der Waals surface area contributed by atoms with E-state index in [2.05, 4.69) is 140 Å². The van der Waals surface area contributed by atoms with Crippen molar-refractivity contribution in [3.05, 3.63) is 176 Å². The summed E-state index contributed by atoms with van der Waals surface area (Å²) in [7, 11) is 0. The molecule has 0 aliphatic rings. The number of thiophene rings is 1. The fourth-order valence-corrected chi connectivity index (χ4v) is 8.33. The molecule has 51 heavy (non-hydrogen) atoms. The molecule has 4 heteroatoms. The molecule has 0 saturated carbocycles. The maximum absolute atomic E-state index is 5.33. The van der Waals surface area contributed by atoms with Gasteiger partial charge in [-0.2, -0.15) is 0 Å². The molecule has 7 aromatic carbocycles. The highest BCUT2D eigenvalue weighted by atomic mass is 32.1. The molecule has 0 fully saturated rings. The van der Waals surface area contributed by atoms with Crippen LogP contribution in [-0.2, 0) is 0 Å². The van der Waals surface area contributed by atoms with E-state index in [9.17, 15) is 0 Å². The predicted octanol–water partition coefficient (Wildman–Crippen LogP) is 12.9. The maximum atomic E-state index is 5.33. The van der Waals surface area contributed by atoms with Crippen molar-refractivity contribution in [1.29, 1.82) is 0 Å². The Labute approximate surface area is 299 Å². The number of hydrogen-bond donors (Lipinski definition) is 0. The smallest absolute Gasteiger partial charge is 0.160 e. The zero-order valence-electron chi connectivity index (χ0n) is 27.5. The van der Waals surface area contributed by atoms with Crippen molar-refractivity contribution in [1.82, 2.24) is 15.0 Å². The lowest BCUT2D eigenvalue weighted by atomic mass is 9.88. The third kappa shape index (κ3) is 5.16. The summed E-state index contributed by atoms with van der Waals surface area (Å²) in [6.07, 6.45) is 1.88. The van der Waals surface area contributed by atoms with E-state index in [0.717, 1.165) is 50.3 Å². The average Bonchev–Trinajstić information content (AvgIpc) is 3.59. The van der Waals surface area contributed by atoms with Crippen LogP contribution in [0.25, 0.3) is 98.0 Å². The monoisotopic (exact) mass is 667 g/mol. The number of hydrogen-bond acceptors (Lipinski definition) is 4. The van der Waals surface area contributed by atoms with Gasteiger partial charge in [0, 0.05) is 33.0 Å². The maximum Gasteiger partial charge on any atom is 0.160 e. The molecule has 0 saturated heterocycles. The predicted molar refractivity (Wildman–Crippen MR) is 215 cm³/mol. The van der Waals surface area contributed by atoms with Crippen molar-refractivity contribution < 1.29 is 0 Å². The van der Waals surface area contributed by atoms with Crippen molar-refractivity contribution in [3.8, 4) is 56.2 Å². The third-order valence-electron chi connectivity index (χ3n) is 9.74. The summed E-state index contributed by atoms with van der Waals surface area (Å²) in [4.78, 5) is 15.2. The molecule has 0 N–H and O–H groups in total. The van der Waals surface area contributed by atoms with Crippen LogP contribution in [0.3, 0.4) is 0 Å². The van der Waals surface area contributed by atoms with Crippen LogP contribution >= 0.6 is 11.3 Å². The van der Waals surface area contributed by atoms with Gasteiger partial charge in [0.15, 0.2) is 5.82 Å². The third-order valence-corrected chi connectivity index (χ3v) is 10.9. The standard InChI is InChI=1S/C47H29N3S/c1-3-12-30(13-4-1)42-29-43(50-47(49-42)31-14-5-2-6-15-31)40-26-32(33-22-24-44-41(27-33)46-45(51-44)20-11-25-48-46)21-23-38(40)39-28-34-16-7-8-17-35(34)36-18-9-10-19-37(36)39/h1-29H. The Morgan fingerprint density at radius 3 is 1.90 bits per heavy atom. The first-order valence-electron chi connectivity index (χ1n) is 17.1. The zero-order chi connectivity index (χ0) is 33.7. The van der Waals surface area contributed by atoms with Crippen LogP contribution in [0.1, 0.15) is 0 Å². The Morgan fingerprint density at radius 1 is 0.373 bits per heavy atom. The number of aromatic nitrogens is 3. The van der Waals surface area contributed by atoms with Crippen molar-refractivity contribution >= 4 is 53.2 Å². The molecule has 0 aliphatic heterocycles. The first kappa shape index (κ1) is 29.4. The lowest BCUT2D eigenvalue weighted by molar-refractivity contribution is 1.18. The Bertz CT molecular complexity index is 2860. The van der Waals surface area contributed by atoms with Crippen molar-refractivity contribution in [3.63, 3.8) is 0 Å². The van der Waals surface area contributed by atoms with Gasteiger partial charge in [-0.1, -0.05) is 127 Å². The minimum Gasteiger partial charge on any atom is -0.255 e. The van der Waals surface area contributed by atoms with E-state index < -0.39 is 0 Å². The number of benzene rings is 7. The minimum atomic E-state index is 0.698. The van der Waals surface area contributed by atoms with E-state index in [0.29, 0.717) is 5.82 Å². The molecular formula is C47H29N3S. The van der Waals surface area contributed by atoms with Gasteiger partial charge in [0.1, 0.15) is 0 Å². The summed E-state index contributed by atoms with van der Waals surface area (Å²) in [6.45, 7) is 0. The SMILES string of the molecule is c1ccc(-c2cc(-c3cc(-c4ccc5sc6cccnc6c5c4)ccc3-c3cc4ccccc4c4ccccc34)nc(-c3ccccc3)n2)cc1. The molecule has 10 rings (SSSR count). The second-order valence-electron chi connectivity index (χ2n) is 12.8. The molecule has 238 valence electrons. The Hall–Kier alpha value is -6.49. The highest BCUT2D eigenvalue weighted by Crippen LogP contribution is 2.43.